The third kappa shape index (κ3) is 7.12. The Kier molecular flexibility index (Phi) is 8.16. The van der Waals surface area contributed by atoms with E-state index in [0.29, 0.717) is 6.54 Å². The summed E-state index contributed by atoms with van der Waals surface area (Å²) in [6.45, 7) is 10.0. The number of aryl methyl sites for hydroxylation is 1. The van der Waals surface area contributed by atoms with Gasteiger partial charge in [-0.3, -0.25) is 0 Å². The van der Waals surface area contributed by atoms with Crippen LogP contribution in [0.3, 0.4) is 0 Å². The van der Waals surface area contributed by atoms with E-state index in [1.165, 1.54) is 4.88 Å². The molecule has 1 aromatic rings. The second-order valence-electron chi connectivity index (χ2n) is 4.04. The Labute approximate surface area is 119 Å². The summed E-state index contributed by atoms with van der Waals surface area (Å²) < 4.78 is 5.30. The number of hydrogen-bond acceptors (Lipinski definition) is 4. The standard InChI is InChI=1S/C13H24N4OS/c1-4-14-13(15-7-6-8-18-5-2)17-10-12-16-9-11(3)19-12/h9H,4-8,10H2,1-3H3,(H2,14,15,17). The van der Waals surface area contributed by atoms with Crippen LogP contribution in [-0.4, -0.2) is 37.2 Å². The molecule has 0 aliphatic carbocycles. The molecule has 0 radical (unpaired) electrons. The maximum Gasteiger partial charge on any atom is 0.191 e. The van der Waals surface area contributed by atoms with Crippen molar-refractivity contribution in [3.63, 3.8) is 0 Å². The molecule has 0 aromatic carbocycles. The number of nitrogens with one attached hydrogen (secondary N) is 2. The summed E-state index contributed by atoms with van der Waals surface area (Å²) in [5.74, 6) is 0.840. The summed E-state index contributed by atoms with van der Waals surface area (Å²) in [5.41, 5.74) is 0. The molecular weight excluding hydrogens is 260 g/mol. The fourth-order valence-corrected chi connectivity index (χ4v) is 2.20. The lowest BCUT2D eigenvalue weighted by atomic mass is 10.4. The molecule has 2 N–H and O–H groups in total. The molecule has 0 amide bonds. The Morgan fingerprint density at radius 1 is 1.42 bits per heavy atom. The summed E-state index contributed by atoms with van der Waals surface area (Å²) in [7, 11) is 0. The van der Waals surface area contributed by atoms with Gasteiger partial charge in [-0.15, -0.1) is 11.3 Å². The molecular formula is C13H24N4OS. The quantitative estimate of drug-likeness (QED) is 0.435. The third-order valence-electron chi connectivity index (χ3n) is 2.35. The molecule has 0 saturated heterocycles. The number of rotatable bonds is 8. The molecule has 0 fully saturated rings. The van der Waals surface area contributed by atoms with Crippen LogP contribution in [0.4, 0.5) is 0 Å². The van der Waals surface area contributed by atoms with Crippen LogP contribution in [0.2, 0.25) is 0 Å². The van der Waals surface area contributed by atoms with E-state index in [-0.39, 0.29) is 0 Å². The fourth-order valence-electron chi connectivity index (χ4n) is 1.49. The van der Waals surface area contributed by atoms with Crippen molar-refractivity contribution in [1.82, 2.24) is 15.6 Å². The first kappa shape index (κ1) is 15.9. The van der Waals surface area contributed by atoms with Crippen molar-refractivity contribution in [2.45, 2.75) is 33.7 Å². The highest BCUT2D eigenvalue weighted by molar-refractivity contribution is 7.11. The smallest absolute Gasteiger partial charge is 0.191 e. The first-order chi connectivity index (χ1) is 9.26. The highest BCUT2D eigenvalue weighted by atomic mass is 32.1. The Morgan fingerprint density at radius 3 is 2.89 bits per heavy atom. The normalized spacial score (nSPS) is 11.6. The van der Waals surface area contributed by atoms with Gasteiger partial charge in [-0.25, -0.2) is 9.98 Å². The minimum absolute atomic E-state index is 0.624. The van der Waals surface area contributed by atoms with Gasteiger partial charge in [0.15, 0.2) is 5.96 Å². The molecule has 19 heavy (non-hydrogen) atoms. The first-order valence-corrected chi connectivity index (χ1v) is 7.59. The van der Waals surface area contributed by atoms with Crippen LogP contribution in [0.25, 0.3) is 0 Å². The monoisotopic (exact) mass is 284 g/mol. The van der Waals surface area contributed by atoms with Gasteiger partial charge in [0.2, 0.25) is 0 Å². The van der Waals surface area contributed by atoms with Crippen molar-refractivity contribution in [2.24, 2.45) is 4.99 Å². The van der Waals surface area contributed by atoms with Gasteiger partial charge in [-0.2, -0.15) is 0 Å². The van der Waals surface area contributed by atoms with Crippen LogP contribution >= 0.6 is 11.3 Å². The predicted octanol–water partition coefficient (Wildman–Crippen LogP) is 1.93. The highest BCUT2D eigenvalue weighted by Gasteiger charge is 2.00. The van der Waals surface area contributed by atoms with Crippen molar-refractivity contribution >= 4 is 17.3 Å². The molecule has 1 heterocycles. The SMILES string of the molecule is CCNC(=NCc1ncc(C)s1)NCCCOCC. The van der Waals surface area contributed by atoms with Crippen molar-refractivity contribution in [3.05, 3.63) is 16.1 Å². The van der Waals surface area contributed by atoms with Gasteiger partial charge in [0.25, 0.3) is 0 Å². The second kappa shape index (κ2) is 9.75. The Balaban J connectivity index is 2.33. The van der Waals surface area contributed by atoms with Gasteiger partial charge in [-0.1, -0.05) is 0 Å². The Bertz CT molecular complexity index is 378. The van der Waals surface area contributed by atoms with E-state index in [1.54, 1.807) is 11.3 Å². The van der Waals surface area contributed by atoms with E-state index in [0.717, 1.165) is 43.7 Å². The van der Waals surface area contributed by atoms with Crippen molar-refractivity contribution < 1.29 is 4.74 Å². The third-order valence-corrected chi connectivity index (χ3v) is 3.25. The lowest BCUT2D eigenvalue weighted by Crippen LogP contribution is -2.38. The van der Waals surface area contributed by atoms with E-state index in [4.69, 9.17) is 4.74 Å². The minimum atomic E-state index is 0.624. The summed E-state index contributed by atoms with van der Waals surface area (Å²) in [5, 5.41) is 7.56. The van der Waals surface area contributed by atoms with Crippen molar-refractivity contribution in [2.75, 3.05) is 26.3 Å². The van der Waals surface area contributed by atoms with Gasteiger partial charge in [-0.05, 0) is 27.2 Å². The van der Waals surface area contributed by atoms with E-state index in [1.807, 2.05) is 13.1 Å². The molecule has 1 aromatic heterocycles. The average molecular weight is 284 g/mol. The molecule has 5 nitrogen and oxygen atoms in total. The maximum absolute atomic E-state index is 5.30. The fraction of sp³-hybridized carbons (Fsp3) is 0.692. The van der Waals surface area contributed by atoms with Crippen LogP contribution in [0.15, 0.2) is 11.2 Å². The molecule has 0 aliphatic heterocycles. The van der Waals surface area contributed by atoms with E-state index in [2.05, 4.69) is 34.5 Å². The molecule has 1 rings (SSSR count). The number of nitrogens with zero attached hydrogens (tertiary/aromatic N) is 2. The number of ether oxygens (including phenoxy) is 1. The Hall–Kier alpha value is -1.14. The minimum Gasteiger partial charge on any atom is -0.382 e. The molecule has 0 bridgehead atoms. The van der Waals surface area contributed by atoms with Crippen LogP contribution in [0.5, 0.6) is 0 Å². The van der Waals surface area contributed by atoms with Crippen LogP contribution in [-0.2, 0) is 11.3 Å². The molecule has 0 saturated carbocycles. The number of hydrogen-bond donors (Lipinski definition) is 2. The van der Waals surface area contributed by atoms with E-state index in [9.17, 15) is 0 Å². The van der Waals surface area contributed by atoms with Gasteiger partial charge in [0.05, 0.1) is 6.54 Å². The Morgan fingerprint density at radius 2 is 2.26 bits per heavy atom. The summed E-state index contributed by atoms with van der Waals surface area (Å²) in [6.07, 6.45) is 2.87. The van der Waals surface area contributed by atoms with Gasteiger partial charge in [0, 0.05) is 37.4 Å². The van der Waals surface area contributed by atoms with Crippen molar-refractivity contribution in [1.29, 1.82) is 0 Å². The highest BCUT2D eigenvalue weighted by Crippen LogP contribution is 2.11. The predicted molar refractivity (Wildman–Crippen MR) is 80.8 cm³/mol. The van der Waals surface area contributed by atoms with E-state index >= 15 is 0 Å². The number of thiazole rings is 1. The zero-order valence-electron chi connectivity index (χ0n) is 12.0. The first-order valence-electron chi connectivity index (χ1n) is 6.77. The van der Waals surface area contributed by atoms with Gasteiger partial charge in [0.1, 0.15) is 5.01 Å². The number of aromatic nitrogens is 1. The van der Waals surface area contributed by atoms with Gasteiger partial charge < -0.3 is 15.4 Å². The topological polar surface area (TPSA) is 58.5 Å². The van der Waals surface area contributed by atoms with Crippen LogP contribution < -0.4 is 10.6 Å². The van der Waals surface area contributed by atoms with Gasteiger partial charge >= 0.3 is 0 Å². The maximum atomic E-state index is 5.30. The molecule has 0 unspecified atom stereocenters. The summed E-state index contributed by atoms with van der Waals surface area (Å²) in [6, 6.07) is 0. The number of guanidine groups is 1. The summed E-state index contributed by atoms with van der Waals surface area (Å²) in [4.78, 5) is 10.0. The summed E-state index contributed by atoms with van der Waals surface area (Å²) >= 11 is 1.69. The number of aliphatic imine (C=N–C) groups is 1. The molecule has 0 spiro atoms. The molecule has 6 heteroatoms. The lowest BCUT2D eigenvalue weighted by molar-refractivity contribution is 0.145. The largest absolute Gasteiger partial charge is 0.382 e. The van der Waals surface area contributed by atoms with E-state index < -0.39 is 0 Å². The van der Waals surface area contributed by atoms with Crippen LogP contribution in [0.1, 0.15) is 30.2 Å². The van der Waals surface area contributed by atoms with Crippen LogP contribution in [0, 0.1) is 6.92 Å². The molecule has 108 valence electrons. The molecule has 0 aliphatic rings. The second-order valence-corrected chi connectivity index (χ2v) is 5.36. The zero-order valence-corrected chi connectivity index (χ0v) is 12.8. The van der Waals surface area contributed by atoms with Crippen molar-refractivity contribution in [3.8, 4) is 0 Å². The average Bonchev–Trinajstić information content (AvgIpc) is 2.81. The zero-order chi connectivity index (χ0) is 13.9. The molecule has 0 atom stereocenters. The lowest BCUT2D eigenvalue weighted by Gasteiger charge is -2.10.